The Hall–Kier alpha value is -0.420. The lowest BCUT2D eigenvalue weighted by Crippen LogP contribution is -2.04. The number of carbonyl (C=O) groups excluding carboxylic acids is 1. The average molecular weight is 309 g/mol. The van der Waals surface area contributed by atoms with Crippen LogP contribution in [0.3, 0.4) is 0 Å². The average Bonchev–Trinajstić information content (AvgIpc) is 2.17. The van der Waals surface area contributed by atoms with E-state index >= 15 is 0 Å². The van der Waals surface area contributed by atoms with Gasteiger partial charge in [-0.25, -0.2) is 9.78 Å². The third kappa shape index (κ3) is 2.51. The molecule has 0 saturated carbocycles. The fourth-order valence-corrected chi connectivity index (χ4v) is 1.50. The Balaban J connectivity index is 3.11. The van der Waals surface area contributed by atoms with Crippen molar-refractivity contribution >= 4 is 37.8 Å². The van der Waals surface area contributed by atoms with Crippen LogP contribution < -0.4 is 0 Å². The van der Waals surface area contributed by atoms with Gasteiger partial charge in [-0.05, 0) is 27.6 Å². The molecule has 0 aliphatic rings. The second-order valence-electron chi connectivity index (χ2n) is 2.31. The topological polar surface area (TPSA) is 39.2 Å². The van der Waals surface area contributed by atoms with E-state index in [1.54, 1.807) is 12.3 Å². The van der Waals surface area contributed by atoms with Gasteiger partial charge >= 0.3 is 5.97 Å². The molecule has 0 fully saturated rings. The summed E-state index contributed by atoms with van der Waals surface area (Å²) in [5, 5.41) is 0.664. The van der Waals surface area contributed by atoms with Gasteiger partial charge in [-0.3, -0.25) is 0 Å². The molecule has 0 N–H and O–H groups in total. The summed E-state index contributed by atoms with van der Waals surface area (Å²) in [6, 6.07) is 1.73. The van der Waals surface area contributed by atoms with Crippen LogP contribution in [0.15, 0.2) is 16.9 Å². The SMILES string of the molecule is COC(=O)c1cc(CBr)cnc1Br. The van der Waals surface area contributed by atoms with Crippen molar-refractivity contribution < 1.29 is 9.53 Å². The van der Waals surface area contributed by atoms with Gasteiger partial charge in [0.2, 0.25) is 0 Å². The van der Waals surface area contributed by atoms with Gasteiger partial charge in [0.05, 0.1) is 12.7 Å². The van der Waals surface area contributed by atoms with Crippen molar-refractivity contribution in [3.63, 3.8) is 0 Å². The predicted octanol–water partition coefficient (Wildman–Crippen LogP) is 2.53. The van der Waals surface area contributed by atoms with Crippen molar-refractivity contribution in [3.8, 4) is 0 Å². The number of ether oxygens (including phenoxy) is 1. The molecule has 0 saturated heterocycles. The van der Waals surface area contributed by atoms with Crippen LogP contribution in [0.2, 0.25) is 0 Å². The van der Waals surface area contributed by atoms with Crippen LogP contribution in [0.4, 0.5) is 0 Å². The summed E-state index contributed by atoms with van der Waals surface area (Å²) in [5.41, 5.74) is 1.38. The third-order valence-electron chi connectivity index (χ3n) is 1.46. The van der Waals surface area contributed by atoms with Gasteiger partial charge in [-0.15, -0.1) is 0 Å². The molecule has 1 aromatic heterocycles. The van der Waals surface area contributed by atoms with Gasteiger partial charge < -0.3 is 4.74 Å². The first-order chi connectivity index (χ1) is 6.19. The highest BCUT2D eigenvalue weighted by Gasteiger charge is 2.11. The lowest BCUT2D eigenvalue weighted by Gasteiger charge is -2.02. The molecule has 0 atom stereocenters. The Morgan fingerprint density at radius 1 is 1.69 bits per heavy atom. The Morgan fingerprint density at radius 3 is 2.92 bits per heavy atom. The number of carbonyl (C=O) groups is 1. The molecule has 5 heteroatoms. The van der Waals surface area contributed by atoms with Gasteiger partial charge in [0.1, 0.15) is 4.60 Å². The minimum Gasteiger partial charge on any atom is -0.465 e. The highest BCUT2D eigenvalue weighted by atomic mass is 79.9. The minimum atomic E-state index is -0.387. The van der Waals surface area contributed by atoms with Gasteiger partial charge in [0.25, 0.3) is 0 Å². The molecule has 1 heterocycles. The van der Waals surface area contributed by atoms with Crippen molar-refractivity contribution in [1.82, 2.24) is 4.98 Å². The zero-order chi connectivity index (χ0) is 9.84. The number of nitrogens with zero attached hydrogens (tertiary/aromatic N) is 1. The van der Waals surface area contributed by atoms with E-state index in [0.29, 0.717) is 15.5 Å². The van der Waals surface area contributed by atoms with Crippen molar-refractivity contribution in [1.29, 1.82) is 0 Å². The fourth-order valence-electron chi connectivity index (χ4n) is 0.818. The molecule has 1 aromatic rings. The number of methoxy groups -OCH3 is 1. The molecule has 0 radical (unpaired) electrons. The molecular weight excluding hydrogens is 302 g/mol. The van der Waals surface area contributed by atoms with Crippen LogP contribution in [-0.2, 0) is 10.1 Å². The first kappa shape index (κ1) is 10.7. The normalized spacial score (nSPS) is 9.77. The van der Waals surface area contributed by atoms with Crippen LogP contribution in [-0.4, -0.2) is 18.1 Å². The number of alkyl halides is 1. The van der Waals surface area contributed by atoms with Crippen LogP contribution in [0.5, 0.6) is 0 Å². The number of pyridine rings is 1. The first-order valence-electron chi connectivity index (χ1n) is 3.47. The second kappa shape index (κ2) is 4.72. The number of esters is 1. The molecule has 0 bridgehead atoms. The zero-order valence-electron chi connectivity index (χ0n) is 6.88. The molecule has 0 aliphatic carbocycles. The summed E-state index contributed by atoms with van der Waals surface area (Å²) in [6.07, 6.45) is 1.69. The molecule has 70 valence electrons. The molecule has 0 spiro atoms. The maximum Gasteiger partial charge on any atom is 0.340 e. The molecule has 13 heavy (non-hydrogen) atoms. The Kier molecular flexibility index (Phi) is 3.87. The standard InChI is InChI=1S/C8H7Br2NO2/c1-13-8(12)6-2-5(3-9)4-11-7(6)10/h2,4H,3H2,1H3. The summed E-state index contributed by atoms with van der Waals surface area (Å²) >= 11 is 6.45. The largest absolute Gasteiger partial charge is 0.465 e. The summed E-state index contributed by atoms with van der Waals surface area (Å²) in [7, 11) is 1.34. The maximum absolute atomic E-state index is 11.2. The fraction of sp³-hybridized carbons (Fsp3) is 0.250. The molecular formula is C8H7Br2NO2. The van der Waals surface area contributed by atoms with E-state index in [-0.39, 0.29) is 5.97 Å². The van der Waals surface area contributed by atoms with E-state index in [1.807, 2.05) is 0 Å². The number of hydrogen-bond donors (Lipinski definition) is 0. The maximum atomic E-state index is 11.2. The predicted molar refractivity (Wildman–Crippen MR) is 55.9 cm³/mol. The minimum absolute atomic E-state index is 0.387. The van der Waals surface area contributed by atoms with Gasteiger partial charge in [0, 0.05) is 11.5 Å². The quantitative estimate of drug-likeness (QED) is 0.479. The van der Waals surface area contributed by atoms with E-state index < -0.39 is 0 Å². The summed E-state index contributed by atoms with van der Waals surface area (Å²) in [4.78, 5) is 15.2. The third-order valence-corrected chi connectivity index (χ3v) is 2.73. The second-order valence-corrected chi connectivity index (χ2v) is 3.62. The zero-order valence-corrected chi connectivity index (χ0v) is 10.1. The van der Waals surface area contributed by atoms with Gasteiger partial charge in [-0.2, -0.15) is 0 Å². The highest BCUT2D eigenvalue weighted by Crippen LogP contribution is 2.17. The number of rotatable bonds is 2. The molecule has 0 unspecified atom stereocenters. The number of halogens is 2. The van der Waals surface area contributed by atoms with Crippen LogP contribution >= 0.6 is 31.9 Å². The highest BCUT2D eigenvalue weighted by molar-refractivity contribution is 9.10. The van der Waals surface area contributed by atoms with E-state index in [9.17, 15) is 4.79 Å². The van der Waals surface area contributed by atoms with E-state index in [4.69, 9.17) is 0 Å². The Labute approximate surface area is 92.8 Å². The molecule has 0 aromatic carbocycles. The molecule has 0 amide bonds. The van der Waals surface area contributed by atoms with Crippen molar-refractivity contribution in [2.45, 2.75) is 5.33 Å². The van der Waals surface area contributed by atoms with Crippen molar-refractivity contribution in [2.24, 2.45) is 0 Å². The van der Waals surface area contributed by atoms with Crippen LogP contribution in [0, 0.1) is 0 Å². The Bertz CT molecular complexity index is 328. The van der Waals surface area contributed by atoms with Gasteiger partial charge in [0.15, 0.2) is 0 Å². The first-order valence-corrected chi connectivity index (χ1v) is 5.39. The monoisotopic (exact) mass is 307 g/mol. The van der Waals surface area contributed by atoms with E-state index in [0.717, 1.165) is 5.56 Å². The molecule has 3 nitrogen and oxygen atoms in total. The summed E-state index contributed by atoms with van der Waals surface area (Å²) < 4.78 is 5.10. The van der Waals surface area contributed by atoms with Crippen LogP contribution in [0.1, 0.15) is 15.9 Å². The van der Waals surface area contributed by atoms with E-state index in [1.165, 1.54) is 7.11 Å². The summed E-state index contributed by atoms with van der Waals surface area (Å²) in [5.74, 6) is -0.387. The summed E-state index contributed by atoms with van der Waals surface area (Å²) in [6.45, 7) is 0. The van der Waals surface area contributed by atoms with Crippen LogP contribution in [0.25, 0.3) is 0 Å². The smallest absolute Gasteiger partial charge is 0.340 e. The van der Waals surface area contributed by atoms with Crippen molar-refractivity contribution in [2.75, 3.05) is 7.11 Å². The lowest BCUT2D eigenvalue weighted by molar-refractivity contribution is 0.0599. The lowest BCUT2D eigenvalue weighted by atomic mass is 10.2. The van der Waals surface area contributed by atoms with Crippen molar-refractivity contribution in [3.05, 3.63) is 28.0 Å². The molecule has 1 rings (SSSR count). The van der Waals surface area contributed by atoms with E-state index in [2.05, 4.69) is 41.6 Å². The Morgan fingerprint density at radius 2 is 2.38 bits per heavy atom. The van der Waals surface area contributed by atoms with Gasteiger partial charge in [-0.1, -0.05) is 15.9 Å². The number of aromatic nitrogens is 1. The molecule has 0 aliphatic heterocycles. The number of hydrogen-bond acceptors (Lipinski definition) is 3.